The van der Waals surface area contributed by atoms with Crippen LogP contribution in [0.1, 0.15) is 21.4 Å². The number of aryl methyl sites for hydroxylation is 1. The molecular weight excluding hydrogens is 264 g/mol. The maximum absolute atomic E-state index is 4.58. The Hall–Kier alpha value is -0.820. The predicted molar refractivity (Wildman–Crippen MR) is 76.9 cm³/mol. The standard InChI is InChI=1S/C12H18N4S2/c1-9-14-10(7-17-9)5-16(3)6-11-8-18-12(15-11)4-13-2/h7-8,13H,4-6H2,1-3H3. The van der Waals surface area contributed by atoms with E-state index in [4.69, 9.17) is 0 Å². The SMILES string of the molecule is CNCc1nc(CN(C)Cc2csc(C)n2)cs1. The molecule has 98 valence electrons. The molecule has 0 unspecified atom stereocenters. The molecule has 6 heteroatoms. The van der Waals surface area contributed by atoms with Gasteiger partial charge in [0.05, 0.1) is 16.4 Å². The first kappa shape index (κ1) is 13.6. The van der Waals surface area contributed by atoms with E-state index < -0.39 is 0 Å². The largest absolute Gasteiger partial charge is 0.314 e. The Morgan fingerprint density at radius 2 is 1.83 bits per heavy atom. The molecule has 4 nitrogen and oxygen atoms in total. The highest BCUT2D eigenvalue weighted by Gasteiger charge is 2.07. The van der Waals surface area contributed by atoms with Crippen molar-refractivity contribution in [3.05, 3.63) is 32.2 Å². The van der Waals surface area contributed by atoms with Crippen LogP contribution in [0, 0.1) is 6.92 Å². The maximum atomic E-state index is 4.58. The lowest BCUT2D eigenvalue weighted by molar-refractivity contribution is 0.312. The Morgan fingerprint density at radius 3 is 2.44 bits per heavy atom. The molecule has 0 radical (unpaired) electrons. The van der Waals surface area contributed by atoms with Crippen molar-refractivity contribution in [3.63, 3.8) is 0 Å². The first-order chi connectivity index (χ1) is 8.67. The van der Waals surface area contributed by atoms with Crippen LogP contribution in [-0.2, 0) is 19.6 Å². The summed E-state index contributed by atoms with van der Waals surface area (Å²) in [5, 5.41) is 9.65. The zero-order valence-corrected chi connectivity index (χ0v) is 12.6. The summed E-state index contributed by atoms with van der Waals surface area (Å²) in [4.78, 5) is 11.3. The van der Waals surface area contributed by atoms with Crippen LogP contribution in [0.2, 0.25) is 0 Å². The second kappa shape index (κ2) is 6.38. The average molecular weight is 282 g/mol. The van der Waals surface area contributed by atoms with Gasteiger partial charge in [-0.05, 0) is 21.0 Å². The Balaban J connectivity index is 1.88. The van der Waals surface area contributed by atoms with Crippen molar-refractivity contribution >= 4 is 22.7 Å². The van der Waals surface area contributed by atoms with Crippen molar-refractivity contribution < 1.29 is 0 Å². The smallest absolute Gasteiger partial charge is 0.107 e. The molecular formula is C12H18N4S2. The number of nitrogens with zero attached hydrogens (tertiary/aromatic N) is 3. The van der Waals surface area contributed by atoms with E-state index in [1.165, 1.54) is 0 Å². The molecule has 0 amide bonds. The van der Waals surface area contributed by atoms with Crippen LogP contribution in [0.3, 0.4) is 0 Å². The Kier molecular flexibility index (Phi) is 4.82. The van der Waals surface area contributed by atoms with E-state index in [0.29, 0.717) is 0 Å². The Morgan fingerprint density at radius 1 is 1.17 bits per heavy atom. The van der Waals surface area contributed by atoms with Crippen LogP contribution in [0.4, 0.5) is 0 Å². The summed E-state index contributed by atoms with van der Waals surface area (Å²) in [6.07, 6.45) is 0. The van der Waals surface area contributed by atoms with E-state index in [-0.39, 0.29) is 0 Å². The van der Waals surface area contributed by atoms with Crippen LogP contribution < -0.4 is 5.32 Å². The van der Waals surface area contributed by atoms with E-state index in [1.54, 1.807) is 22.7 Å². The van der Waals surface area contributed by atoms with Gasteiger partial charge in [-0.1, -0.05) is 0 Å². The fourth-order valence-electron chi connectivity index (χ4n) is 1.74. The van der Waals surface area contributed by atoms with Gasteiger partial charge in [0.2, 0.25) is 0 Å². The van der Waals surface area contributed by atoms with Gasteiger partial charge in [-0.25, -0.2) is 9.97 Å². The van der Waals surface area contributed by atoms with Gasteiger partial charge in [-0.2, -0.15) is 0 Å². The molecule has 1 N–H and O–H groups in total. The van der Waals surface area contributed by atoms with Gasteiger partial charge in [0, 0.05) is 30.4 Å². The molecule has 0 spiro atoms. The van der Waals surface area contributed by atoms with E-state index in [2.05, 4.69) is 38.0 Å². The highest BCUT2D eigenvalue weighted by molar-refractivity contribution is 7.09. The second-order valence-electron chi connectivity index (χ2n) is 4.29. The number of nitrogens with one attached hydrogen (secondary N) is 1. The first-order valence-corrected chi connectivity index (χ1v) is 7.60. The van der Waals surface area contributed by atoms with Crippen molar-refractivity contribution in [2.24, 2.45) is 0 Å². The summed E-state index contributed by atoms with van der Waals surface area (Å²) in [6.45, 7) is 4.64. The van der Waals surface area contributed by atoms with E-state index in [9.17, 15) is 0 Å². The van der Waals surface area contributed by atoms with Crippen molar-refractivity contribution in [1.82, 2.24) is 20.2 Å². The zero-order chi connectivity index (χ0) is 13.0. The summed E-state index contributed by atoms with van der Waals surface area (Å²) in [6, 6.07) is 0. The molecule has 0 aromatic carbocycles. The van der Waals surface area contributed by atoms with Gasteiger partial charge in [-0.3, -0.25) is 4.90 Å². The van der Waals surface area contributed by atoms with Gasteiger partial charge >= 0.3 is 0 Å². The molecule has 2 heterocycles. The van der Waals surface area contributed by atoms with Crippen molar-refractivity contribution in [3.8, 4) is 0 Å². The van der Waals surface area contributed by atoms with Crippen LogP contribution in [0.15, 0.2) is 10.8 Å². The molecule has 0 aliphatic heterocycles. The quantitative estimate of drug-likeness (QED) is 0.882. The van der Waals surface area contributed by atoms with Gasteiger partial charge in [0.15, 0.2) is 0 Å². The lowest BCUT2D eigenvalue weighted by Crippen LogP contribution is -2.17. The molecule has 0 fully saturated rings. The van der Waals surface area contributed by atoms with Crippen molar-refractivity contribution in [2.45, 2.75) is 26.6 Å². The number of aromatic nitrogens is 2. The summed E-state index contributed by atoms with van der Waals surface area (Å²) in [5.41, 5.74) is 2.28. The third-order valence-electron chi connectivity index (χ3n) is 2.46. The zero-order valence-electron chi connectivity index (χ0n) is 10.9. The molecule has 0 aliphatic carbocycles. The monoisotopic (exact) mass is 282 g/mol. The summed E-state index contributed by atoms with van der Waals surface area (Å²) >= 11 is 3.42. The highest BCUT2D eigenvalue weighted by Crippen LogP contribution is 2.14. The minimum absolute atomic E-state index is 0.847. The second-order valence-corrected chi connectivity index (χ2v) is 6.30. The lowest BCUT2D eigenvalue weighted by atomic mass is 10.4. The lowest BCUT2D eigenvalue weighted by Gasteiger charge is -2.13. The van der Waals surface area contributed by atoms with Gasteiger partial charge in [0.1, 0.15) is 5.01 Å². The molecule has 0 atom stereocenters. The van der Waals surface area contributed by atoms with Gasteiger partial charge in [-0.15, -0.1) is 22.7 Å². The summed E-state index contributed by atoms with van der Waals surface area (Å²) in [5.74, 6) is 0. The minimum Gasteiger partial charge on any atom is -0.314 e. The van der Waals surface area contributed by atoms with Crippen LogP contribution >= 0.6 is 22.7 Å². The van der Waals surface area contributed by atoms with Gasteiger partial charge < -0.3 is 5.32 Å². The number of hydrogen-bond donors (Lipinski definition) is 1. The number of hydrogen-bond acceptors (Lipinski definition) is 6. The van der Waals surface area contributed by atoms with Gasteiger partial charge in [0.25, 0.3) is 0 Å². The summed E-state index contributed by atoms with van der Waals surface area (Å²) in [7, 11) is 4.05. The Bertz CT molecular complexity index is 492. The summed E-state index contributed by atoms with van der Waals surface area (Å²) < 4.78 is 0. The van der Waals surface area contributed by atoms with Crippen LogP contribution in [-0.4, -0.2) is 29.0 Å². The fourth-order valence-corrected chi connectivity index (χ4v) is 3.14. The molecule has 0 bridgehead atoms. The molecule has 18 heavy (non-hydrogen) atoms. The first-order valence-electron chi connectivity index (χ1n) is 5.85. The number of thiazole rings is 2. The molecule has 0 aliphatic rings. The third kappa shape index (κ3) is 3.84. The minimum atomic E-state index is 0.847. The van der Waals surface area contributed by atoms with Crippen LogP contribution in [0.5, 0.6) is 0 Å². The third-order valence-corrected chi connectivity index (χ3v) is 4.18. The Labute approximate surface area is 116 Å². The van der Waals surface area contributed by atoms with Crippen molar-refractivity contribution in [2.75, 3.05) is 14.1 Å². The van der Waals surface area contributed by atoms with E-state index in [0.717, 1.165) is 41.0 Å². The molecule has 2 aromatic heterocycles. The van der Waals surface area contributed by atoms with E-state index >= 15 is 0 Å². The molecule has 2 rings (SSSR count). The molecule has 0 saturated carbocycles. The van der Waals surface area contributed by atoms with Crippen LogP contribution in [0.25, 0.3) is 0 Å². The van der Waals surface area contributed by atoms with Crippen molar-refractivity contribution in [1.29, 1.82) is 0 Å². The topological polar surface area (TPSA) is 41.1 Å². The highest BCUT2D eigenvalue weighted by atomic mass is 32.1. The molecule has 2 aromatic rings. The number of rotatable bonds is 6. The normalized spacial score (nSPS) is 11.3. The fraction of sp³-hybridized carbons (Fsp3) is 0.500. The maximum Gasteiger partial charge on any atom is 0.107 e. The average Bonchev–Trinajstić information content (AvgIpc) is 2.89. The molecule has 0 saturated heterocycles. The van der Waals surface area contributed by atoms with E-state index in [1.807, 2.05) is 14.0 Å². The predicted octanol–water partition coefficient (Wildman–Crippen LogP) is 2.26.